The first-order valence-corrected chi connectivity index (χ1v) is 42.9. The first-order valence-electron chi connectivity index (χ1n) is 42.9. The van der Waals surface area contributed by atoms with Gasteiger partial charge in [-0.15, -0.1) is 15.3 Å². The van der Waals surface area contributed by atoms with Gasteiger partial charge in [-0.25, -0.2) is 82.8 Å². The Balaban J connectivity index is 0.000000112. The summed E-state index contributed by atoms with van der Waals surface area (Å²) in [5, 5.41) is 52.3. The minimum Gasteiger partial charge on any atom is -0.381 e. The van der Waals surface area contributed by atoms with E-state index in [0.29, 0.717) is 118 Å². The third kappa shape index (κ3) is 17.6. The van der Waals surface area contributed by atoms with Crippen LogP contribution in [0.15, 0.2) is 172 Å². The number of anilines is 4. The lowest BCUT2D eigenvalue weighted by Gasteiger charge is -2.27. The number of halogens is 7. The van der Waals surface area contributed by atoms with Crippen LogP contribution < -0.4 is 35.6 Å². The summed E-state index contributed by atoms with van der Waals surface area (Å²) in [6, 6.07) is 19.6. The fourth-order valence-electron chi connectivity index (χ4n) is 18.0. The molecule has 3 aromatic carbocycles. The molecule has 7 aliphatic rings. The molecule has 7 aliphatic heterocycles. The number of pyridine rings is 1. The molecular formula is C88H89F7N30O3. The highest BCUT2D eigenvalue weighted by Crippen LogP contribution is 2.43. The van der Waals surface area contributed by atoms with Crippen LogP contribution in [0.4, 0.5) is 54.0 Å². The summed E-state index contributed by atoms with van der Waals surface area (Å²) in [5.74, 6) is -0.225. The Morgan fingerprint density at radius 1 is 0.453 bits per heavy atom. The van der Waals surface area contributed by atoms with Gasteiger partial charge >= 0.3 is 0 Å². The Kier molecular flexibility index (Phi) is 24.1. The summed E-state index contributed by atoms with van der Waals surface area (Å²) in [7, 11) is 1.58. The number of carbonyl (C=O) groups excluding carboxylic acids is 2. The van der Waals surface area contributed by atoms with Crippen molar-refractivity contribution in [2.45, 2.75) is 113 Å². The SMILES string of the molecule is CNC(=O)/C=C/c1cnn2ccc(N3CCCC3c3cncc(F)c3)nc12.Fc1ccc(F)c([C@H]2CCCN2c2ccn3ncc(-c4cn(C5CCNC5)nn4)c3n2)c1.Fc1ccc(F)c([C@H]2CCCN2c2ccn3ncc(-c4cn(C5CCOCC5)nn4)c3n2)c1.O=C(Cn1cc(-c2cnn3ccc(N4CCC[C@@H]4c4cc(F)ccc4F)nc23)nn1)N1CCNCC1. The molecule has 7 saturated heterocycles. The van der Waals surface area contributed by atoms with E-state index in [4.69, 9.17) is 24.7 Å². The number of benzene rings is 3. The number of hydrogen-bond acceptors (Lipinski definition) is 24. The number of likely N-dealkylation sites (N-methyl/N-ethyl adjacent to an activating group) is 1. The number of nitrogens with zero attached hydrogens (tertiary/aromatic N) is 27. The average Bonchev–Trinajstić information content (AvgIpc) is 1.62. The Morgan fingerprint density at radius 3 is 1.38 bits per heavy atom. The number of amides is 2. The van der Waals surface area contributed by atoms with Crippen LogP contribution in [-0.4, -0.2) is 211 Å². The second kappa shape index (κ2) is 36.9. The Morgan fingerprint density at radius 2 is 0.898 bits per heavy atom. The maximum Gasteiger partial charge on any atom is 0.244 e. The van der Waals surface area contributed by atoms with Crippen molar-refractivity contribution in [2.24, 2.45) is 0 Å². The van der Waals surface area contributed by atoms with E-state index in [-0.39, 0.29) is 54.4 Å². The first-order chi connectivity index (χ1) is 62.6. The molecule has 2 amide bonds. The van der Waals surface area contributed by atoms with Gasteiger partial charge in [-0.2, -0.15) is 20.4 Å². The number of aromatic nitrogens is 22. The molecular weight excluding hydrogens is 1660 g/mol. The molecule has 0 radical (unpaired) electrons. The van der Waals surface area contributed by atoms with Crippen LogP contribution in [0, 0.1) is 40.7 Å². The van der Waals surface area contributed by atoms with E-state index >= 15 is 0 Å². The van der Waals surface area contributed by atoms with Crippen LogP contribution in [0.1, 0.15) is 135 Å². The molecule has 5 atom stereocenters. The molecule has 33 nitrogen and oxygen atoms in total. The zero-order chi connectivity index (χ0) is 87.5. The molecule has 12 aromatic heterocycles. The van der Waals surface area contributed by atoms with Crippen molar-refractivity contribution in [2.75, 3.05) is 105 Å². The van der Waals surface area contributed by atoms with Crippen molar-refractivity contribution in [3.63, 3.8) is 0 Å². The first kappa shape index (κ1) is 83.5. The fraction of sp³-hybridized carbons (Fsp3) is 0.352. The molecule has 3 N–H and O–H groups in total. The second-order valence-electron chi connectivity index (χ2n) is 32.4. The number of piperazine rings is 1. The summed E-state index contributed by atoms with van der Waals surface area (Å²) in [4.78, 5) is 57.3. The quantitative estimate of drug-likeness (QED) is 0.0563. The Bertz CT molecular complexity index is 6550. The lowest BCUT2D eigenvalue weighted by Crippen LogP contribution is -2.47. The van der Waals surface area contributed by atoms with Gasteiger partial charge in [0.05, 0.1) is 103 Å². The van der Waals surface area contributed by atoms with Crippen LogP contribution in [0.5, 0.6) is 0 Å². The van der Waals surface area contributed by atoms with Gasteiger partial charge < -0.3 is 45.2 Å². The van der Waals surface area contributed by atoms with Crippen molar-refractivity contribution in [3.8, 4) is 33.8 Å². The molecule has 0 saturated carbocycles. The zero-order valence-electron chi connectivity index (χ0n) is 69.6. The van der Waals surface area contributed by atoms with Crippen LogP contribution in [0.3, 0.4) is 0 Å². The summed E-state index contributed by atoms with van der Waals surface area (Å²) < 4.78 is 116. The summed E-state index contributed by atoms with van der Waals surface area (Å²) in [6.45, 7) is 9.30. The number of nitrogens with one attached hydrogen (secondary N) is 3. The highest BCUT2D eigenvalue weighted by molar-refractivity contribution is 5.92. The predicted octanol–water partition coefficient (Wildman–Crippen LogP) is 11.5. The van der Waals surface area contributed by atoms with Gasteiger partial charge in [-0.3, -0.25) is 14.6 Å². The molecule has 0 aliphatic carbocycles. The van der Waals surface area contributed by atoms with Crippen molar-refractivity contribution in [1.29, 1.82) is 0 Å². The van der Waals surface area contributed by atoms with Gasteiger partial charge in [0.1, 0.15) is 87.6 Å². The molecule has 22 rings (SSSR count). The molecule has 658 valence electrons. The van der Waals surface area contributed by atoms with E-state index in [2.05, 4.69) is 77.2 Å². The van der Waals surface area contributed by atoms with Gasteiger partial charge in [0, 0.05) is 138 Å². The van der Waals surface area contributed by atoms with E-state index in [9.17, 15) is 40.3 Å². The fourth-order valence-corrected chi connectivity index (χ4v) is 18.0. The normalized spacial score (nSPS) is 19.1. The highest BCUT2D eigenvalue weighted by Gasteiger charge is 2.36. The number of ether oxygens (including phenoxy) is 1. The maximum atomic E-state index is 14.5. The molecule has 128 heavy (non-hydrogen) atoms. The standard InChI is InChI=1S/C24H25F2N9O.C23H23F2N7O.C22H22F2N8.C19H19FN6O/c25-16-3-4-19(26)17(12-16)21-2-1-8-34(21)22-5-9-35-24(29-22)18(13-28-35)20-14-33(31-30-20)15-23(36)32-10-6-27-7-11-32;24-15-3-4-19(25)17(12-15)21-2-1-8-30(21)22-5-9-31-23(27-22)18(13-26-31)20-14-32(29-28-20)16-6-10-33-11-7-16;23-14-3-4-18(24)16(10-14)20-2-1-8-30(20)21-6-9-31-22(27-21)17(12-26-31)19-13-32(29-28-19)15-5-7-25-11-15;1-21-18(27)5-4-13-11-23-26-8-6-17(24-19(13)26)25-7-2-3-16(25)14-9-15(20)12-22-10-14/h3-5,9,12-14,21,27H,1-2,6-8,10-11,15H2;3-5,9,12-14,16,21H,1-2,6-8,10-11H2;3-4,6,9-10,12-13,15,20,25H,1-2,5,7-8,11H2;4-6,8-12,16H,2-3,7H2,1H3,(H,21,27)/b;;;5-4+/t2*21-;15?,20-;/m111./s1. The molecule has 2 unspecified atom stereocenters. The molecule has 19 heterocycles. The van der Waals surface area contributed by atoms with Crippen molar-refractivity contribution >= 4 is 63.8 Å². The molecule has 40 heteroatoms. The van der Waals surface area contributed by atoms with Gasteiger partial charge in [0.2, 0.25) is 11.8 Å². The number of hydrogen-bond donors (Lipinski definition) is 3. The molecule has 0 bridgehead atoms. The smallest absolute Gasteiger partial charge is 0.244 e. The van der Waals surface area contributed by atoms with E-state index in [1.807, 2.05) is 84.2 Å². The minimum absolute atomic E-state index is 0.00196. The second-order valence-corrected chi connectivity index (χ2v) is 32.4. The van der Waals surface area contributed by atoms with Crippen LogP contribution in [0.25, 0.3) is 62.4 Å². The largest absolute Gasteiger partial charge is 0.381 e. The number of rotatable bonds is 17. The maximum absolute atomic E-state index is 14.5. The van der Waals surface area contributed by atoms with Crippen LogP contribution in [0.2, 0.25) is 0 Å². The van der Waals surface area contributed by atoms with E-state index in [0.717, 1.165) is 163 Å². The predicted molar refractivity (Wildman–Crippen MR) is 458 cm³/mol. The number of fused-ring (bicyclic) bond motifs is 4. The van der Waals surface area contributed by atoms with Gasteiger partial charge in [0.25, 0.3) is 0 Å². The summed E-state index contributed by atoms with van der Waals surface area (Å²) >= 11 is 0. The number of carbonyl (C=O) groups is 2. The van der Waals surface area contributed by atoms with E-state index in [1.165, 1.54) is 59.4 Å². The Labute approximate surface area is 727 Å². The highest BCUT2D eigenvalue weighted by atomic mass is 19.2. The van der Waals surface area contributed by atoms with Crippen LogP contribution in [-0.2, 0) is 20.9 Å². The topological polar surface area (TPSA) is 321 Å². The average molecular weight is 1750 g/mol. The molecule has 7 fully saturated rings. The monoisotopic (exact) mass is 1750 g/mol. The lowest BCUT2D eigenvalue weighted by molar-refractivity contribution is -0.132. The minimum atomic E-state index is -0.460. The van der Waals surface area contributed by atoms with Crippen molar-refractivity contribution in [3.05, 3.63) is 240 Å². The third-order valence-corrected chi connectivity index (χ3v) is 24.5. The zero-order valence-corrected chi connectivity index (χ0v) is 69.6. The summed E-state index contributed by atoms with van der Waals surface area (Å²) in [6.07, 6.45) is 35.3. The van der Waals surface area contributed by atoms with Gasteiger partial charge in [-0.05, 0) is 174 Å². The molecule has 15 aromatic rings. The van der Waals surface area contributed by atoms with E-state index in [1.54, 1.807) is 74.6 Å². The van der Waals surface area contributed by atoms with Gasteiger partial charge in [0.15, 0.2) is 22.6 Å². The van der Waals surface area contributed by atoms with E-state index < -0.39 is 34.9 Å². The van der Waals surface area contributed by atoms with Gasteiger partial charge in [-0.1, -0.05) is 15.6 Å². The van der Waals surface area contributed by atoms with Crippen molar-refractivity contribution in [1.82, 2.24) is 129 Å². The van der Waals surface area contributed by atoms with Crippen molar-refractivity contribution < 1.29 is 45.1 Å². The van der Waals surface area contributed by atoms with Crippen LogP contribution >= 0.6 is 0 Å². The lowest BCUT2D eigenvalue weighted by atomic mass is 10.0. The molecule has 0 spiro atoms. The Hall–Kier alpha value is -14.0. The third-order valence-electron chi connectivity index (χ3n) is 24.5. The summed E-state index contributed by atoms with van der Waals surface area (Å²) in [5.41, 5.74) is 9.41.